The number of anilines is 1. The molecule has 1 aromatic rings. The van der Waals surface area contributed by atoms with Gasteiger partial charge >= 0.3 is 6.03 Å². The number of rotatable bonds is 3. The number of aromatic nitrogens is 2. The Hall–Kier alpha value is -2.29. The van der Waals surface area contributed by atoms with E-state index in [0.29, 0.717) is 5.13 Å². The normalized spacial score (nSPS) is 31.2. The second kappa shape index (κ2) is 5.91. The summed E-state index contributed by atoms with van der Waals surface area (Å²) in [6, 6.07) is -0.514. The third-order valence-electron chi connectivity index (χ3n) is 5.27. The average molecular weight is 361 g/mol. The van der Waals surface area contributed by atoms with Crippen molar-refractivity contribution < 1.29 is 14.4 Å². The largest absolute Gasteiger partial charge is 0.322 e. The Morgan fingerprint density at radius 1 is 1.20 bits per heavy atom. The van der Waals surface area contributed by atoms with Gasteiger partial charge in [0.25, 0.3) is 0 Å². The van der Waals surface area contributed by atoms with Crippen LogP contribution in [0.4, 0.5) is 9.93 Å². The molecule has 2 fully saturated rings. The fourth-order valence-electron chi connectivity index (χ4n) is 4.21. The van der Waals surface area contributed by atoms with E-state index in [-0.39, 0.29) is 35.5 Å². The van der Waals surface area contributed by atoms with Crippen LogP contribution in [-0.4, -0.2) is 39.1 Å². The second-order valence-electron chi connectivity index (χ2n) is 6.79. The zero-order chi connectivity index (χ0) is 17.7. The van der Waals surface area contributed by atoms with Gasteiger partial charge < -0.3 is 5.32 Å². The van der Waals surface area contributed by atoms with Gasteiger partial charge in [0.1, 0.15) is 11.2 Å². The maximum Gasteiger partial charge on any atom is 0.322 e. The van der Waals surface area contributed by atoms with E-state index < -0.39 is 12.2 Å². The van der Waals surface area contributed by atoms with Gasteiger partial charge in [-0.05, 0) is 38.5 Å². The molecular formula is C16H19N5O3S. The lowest BCUT2D eigenvalue weighted by Gasteiger charge is -2.38. The number of aryl methyl sites for hydroxylation is 1. The predicted molar refractivity (Wildman–Crippen MR) is 90.4 cm³/mol. The van der Waals surface area contributed by atoms with Gasteiger partial charge in [0.05, 0.1) is 11.8 Å². The van der Waals surface area contributed by atoms with Crippen LogP contribution in [0, 0.1) is 30.6 Å². The van der Waals surface area contributed by atoms with Crippen LogP contribution in [0.15, 0.2) is 12.2 Å². The molecule has 0 spiro atoms. The molecule has 132 valence electrons. The van der Waals surface area contributed by atoms with Crippen molar-refractivity contribution in [3.63, 3.8) is 0 Å². The van der Waals surface area contributed by atoms with Crippen LogP contribution >= 0.6 is 11.3 Å². The van der Waals surface area contributed by atoms with E-state index >= 15 is 0 Å². The van der Waals surface area contributed by atoms with Crippen LogP contribution in [-0.2, 0) is 9.59 Å². The van der Waals surface area contributed by atoms with Gasteiger partial charge in [-0.25, -0.2) is 4.79 Å². The van der Waals surface area contributed by atoms with Crippen LogP contribution in [0.5, 0.6) is 0 Å². The molecule has 3 aliphatic carbocycles. The van der Waals surface area contributed by atoms with Crippen molar-refractivity contribution in [1.29, 1.82) is 0 Å². The summed E-state index contributed by atoms with van der Waals surface area (Å²) < 4.78 is 0. The van der Waals surface area contributed by atoms with Crippen LogP contribution in [0.1, 0.15) is 24.8 Å². The van der Waals surface area contributed by atoms with Crippen LogP contribution < -0.4 is 10.6 Å². The zero-order valence-electron chi connectivity index (χ0n) is 13.9. The van der Waals surface area contributed by atoms with Gasteiger partial charge in [-0.15, -0.1) is 10.2 Å². The molecule has 1 saturated carbocycles. The Balaban J connectivity index is 1.45. The summed E-state index contributed by atoms with van der Waals surface area (Å²) in [6.07, 6.45) is 5.35. The van der Waals surface area contributed by atoms with Gasteiger partial charge in [-0.2, -0.15) is 0 Å². The average Bonchev–Trinajstić information content (AvgIpc) is 3.11. The number of nitrogens with zero attached hydrogens (tertiary/aromatic N) is 3. The predicted octanol–water partition coefficient (Wildman–Crippen LogP) is 1.51. The van der Waals surface area contributed by atoms with E-state index in [4.69, 9.17) is 0 Å². The Kier molecular flexibility index (Phi) is 3.82. The number of carbonyl (C=O) groups excluding carboxylic acids is 3. The third kappa shape index (κ3) is 2.62. The quantitative estimate of drug-likeness (QED) is 0.627. The summed E-state index contributed by atoms with van der Waals surface area (Å²) >= 11 is 1.25. The Morgan fingerprint density at radius 3 is 2.28 bits per heavy atom. The topological polar surface area (TPSA) is 104 Å². The number of urea groups is 1. The highest BCUT2D eigenvalue weighted by Gasteiger charge is 2.57. The number of likely N-dealkylation sites (tertiary alicyclic amines) is 1. The van der Waals surface area contributed by atoms with Gasteiger partial charge in [-0.3, -0.25) is 19.8 Å². The maximum absolute atomic E-state index is 12.8. The minimum Gasteiger partial charge on any atom is -0.317 e. The number of hydrogen-bond donors (Lipinski definition) is 2. The Labute approximate surface area is 148 Å². The highest BCUT2D eigenvalue weighted by molar-refractivity contribution is 7.15. The van der Waals surface area contributed by atoms with Crippen molar-refractivity contribution in [2.75, 3.05) is 5.32 Å². The Morgan fingerprint density at radius 2 is 1.80 bits per heavy atom. The summed E-state index contributed by atoms with van der Waals surface area (Å²) in [5.41, 5.74) is 0. The minimum atomic E-state index is -0.709. The van der Waals surface area contributed by atoms with Crippen LogP contribution in [0.2, 0.25) is 0 Å². The molecular weight excluding hydrogens is 342 g/mol. The standard InChI is InChI=1S/C16H19N5O3S/c1-7(17-15(24)18-16-20-19-8(2)25-16)21-13(22)11-9-3-4-10(6-5-9)12(11)14(21)23/h3-4,7,9-12H,5-6H2,1-2H3,(H2,17,18,20,24)/t7-,9-,10-,11+,12+/m0/s1. The smallest absolute Gasteiger partial charge is 0.317 e. The van der Waals surface area contributed by atoms with Crippen LogP contribution in [0.25, 0.3) is 0 Å². The summed E-state index contributed by atoms with van der Waals surface area (Å²) in [5.74, 6) is -0.602. The monoisotopic (exact) mass is 361 g/mol. The molecule has 8 nitrogen and oxygen atoms in total. The van der Waals surface area contributed by atoms with Crippen molar-refractivity contribution in [2.45, 2.75) is 32.9 Å². The van der Waals surface area contributed by atoms with Gasteiger partial charge in [0.2, 0.25) is 16.9 Å². The fraction of sp³-hybridized carbons (Fsp3) is 0.562. The molecule has 2 bridgehead atoms. The van der Waals surface area contributed by atoms with E-state index in [9.17, 15) is 14.4 Å². The molecule has 1 aromatic heterocycles. The first-order valence-electron chi connectivity index (χ1n) is 8.38. The van der Waals surface area contributed by atoms with E-state index in [1.165, 1.54) is 16.2 Å². The zero-order valence-corrected chi connectivity index (χ0v) is 14.7. The first-order valence-corrected chi connectivity index (χ1v) is 9.20. The highest BCUT2D eigenvalue weighted by Crippen LogP contribution is 2.49. The Bertz CT molecular complexity index is 744. The number of hydrogen-bond acceptors (Lipinski definition) is 6. The van der Waals surface area contributed by atoms with Crippen molar-refractivity contribution in [3.05, 3.63) is 17.2 Å². The van der Waals surface area contributed by atoms with E-state index in [2.05, 4.69) is 33.0 Å². The molecule has 0 unspecified atom stereocenters. The van der Waals surface area contributed by atoms with E-state index in [1.807, 2.05) is 0 Å². The van der Waals surface area contributed by atoms with Crippen molar-refractivity contribution >= 4 is 34.3 Å². The third-order valence-corrected chi connectivity index (χ3v) is 6.02. The summed E-state index contributed by atoms with van der Waals surface area (Å²) in [5, 5.41) is 14.0. The molecule has 5 atom stereocenters. The van der Waals surface area contributed by atoms with Crippen molar-refractivity contribution in [2.24, 2.45) is 23.7 Å². The first kappa shape index (κ1) is 16.2. The van der Waals surface area contributed by atoms with Crippen LogP contribution in [0.3, 0.4) is 0 Å². The molecule has 25 heavy (non-hydrogen) atoms. The SMILES string of the molecule is Cc1nnc(NC(=O)N[C@H](C)N2C(=O)[C@H]3[C@H](C2=O)[C@H]2C=C[C@H]3CC2)s1. The molecule has 1 saturated heterocycles. The van der Waals surface area contributed by atoms with Crippen molar-refractivity contribution in [3.8, 4) is 0 Å². The summed E-state index contributed by atoms with van der Waals surface area (Å²) in [6.45, 7) is 3.43. The maximum atomic E-state index is 12.8. The molecule has 2 heterocycles. The summed E-state index contributed by atoms with van der Waals surface area (Å²) in [7, 11) is 0. The lowest BCUT2D eigenvalue weighted by molar-refractivity contribution is -0.142. The summed E-state index contributed by atoms with van der Waals surface area (Å²) in [4.78, 5) is 38.9. The fourth-order valence-corrected chi connectivity index (χ4v) is 4.80. The number of fused-ring (bicyclic) bond motifs is 1. The molecule has 0 radical (unpaired) electrons. The molecule has 5 rings (SSSR count). The van der Waals surface area contributed by atoms with E-state index in [1.54, 1.807) is 13.8 Å². The van der Waals surface area contributed by atoms with Gasteiger partial charge in [0.15, 0.2) is 0 Å². The lowest BCUT2D eigenvalue weighted by atomic mass is 9.63. The minimum absolute atomic E-state index is 0.141. The molecule has 4 aliphatic rings. The number of amides is 4. The molecule has 0 aromatic carbocycles. The highest BCUT2D eigenvalue weighted by atomic mass is 32.1. The molecule has 1 aliphatic heterocycles. The molecule has 9 heteroatoms. The number of allylic oxidation sites excluding steroid dienone is 2. The van der Waals surface area contributed by atoms with Gasteiger partial charge in [0, 0.05) is 0 Å². The second-order valence-corrected chi connectivity index (χ2v) is 7.97. The van der Waals surface area contributed by atoms with Crippen molar-refractivity contribution in [1.82, 2.24) is 20.4 Å². The molecule has 2 N–H and O–H groups in total. The first-order chi connectivity index (χ1) is 12.0. The number of imide groups is 1. The number of carbonyl (C=O) groups is 3. The lowest BCUT2D eigenvalue weighted by Crippen LogP contribution is -2.50. The van der Waals surface area contributed by atoms with E-state index in [0.717, 1.165) is 17.8 Å². The molecule has 4 amide bonds. The van der Waals surface area contributed by atoms with Gasteiger partial charge in [-0.1, -0.05) is 23.5 Å². The number of nitrogens with one attached hydrogen (secondary N) is 2.